The average Bonchev–Trinajstić information content (AvgIpc) is 3.04. The molecule has 0 spiro atoms. The van der Waals surface area contributed by atoms with E-state index in [-0.39, 0.29) is 11.3 Å². The molecule has 176 valence electrons. The van der Waals surface area contributed by atoms with E-state index in [4.69, 9.17) is 4.74 Å². The normalized spacial score (nSPS) is 17.7. The van der Waals surface area contributed by atoms with Gasteiger partial charge in [0.15, 0.2) is 0 Å². The molecule has 0 aliphatic carbocycles. The number of carbonyl (C=O) groups is 2. The average molecular weight is 515 g/mol. The van der Waals surface area contributed by atoms with Crippen molar-refractivity contribution in [3.8, 4) is 5.75 Å². The van der Waals surface area contributed by atoms with Crippen molar-refractivity contribution in [3.05, 3.63) is 69.7 Å². The maximum atomic E-state index is 13.1. The Kier molecular flexibility index (Phi) is 8.69. The van der Waals surface area contributed by atoms with E-state index in [1.807, 2.05) is 43.3 Å². The molecule has 1 aliphatic rings. The molecule has 1 heterocycles. The van der Waals surface area contributed by atoms with E-state index < -0.39 is 17.7 Å². The molecule has 7 heteroatoms. The summed E-state index contributed by atoms with van der Waals surface area (Å²) in [7, 11) is 3.94. The van der Waals surface area contributed by atoms with E-state index in [1.165, 1.54) is 0 Å². The number of aliphatic hydroxyl groups is 1. The number of rotatable bonds is 10. The van der Waals surface area contributed by atoms with Crippen molar-refractivity contribution in [1.29, 1.82) is 0 Å². The SMILES string of the molecule is CCCCOc1ccc(/C(O)=C2\C(=O)C(=O)N(CCCN(C)C)C2c2ccc(Br)cc2)cc1. The molecule has 0 aromatic heterocycles. The number of benzene rings is 2. The minimum Gasteiger partial charge on any atom is -0.507 e. The highest BCUT2D eigenvalue weighted by Crippen LogP contribution is 2.39. The van der Waals surface area contributed by atoms with Gasteiger partial charge in [0.25, 0.3) is 11.7 Å². The molecule has 1 N–H and O–H groups in total. The second-order valence-corrected chi connectivity index (χ2v) is 9.34. The molecule has 2 aromatic rings. The van der Waals surface area contributed by atoms with Gasteiger partial charge in [0.1, 0.15) is 11.5 Å². The minimum absolute atomic E-state index is 0.117. The summed E-state index contributed by atoms with van der Waals surface area (Å²) in [5.74, 6) is -0.707. The van der Waals surface area contributed by atoms with Gasteiger partial charge in [0, 0.05) is 16.6 Å². The predicted molar refractivity (Wildman–Crippen MR) is 133 cm³/mol. The maximum Gasteiger partial charge on any atom is 0.295 e. The molecule has 1 unspecified atom stereocenters. The lowest BCUT2D eigenvalue weighted by Crippen LogP contribution is -2.32. The van der Waals surface area contributed by atoms with Crippen molar-refractivity contribution in [3.63, 3.8) is 0 Å². The van der Waals surface area contributed by atoms with Gasteiger partial charge in [-0.2, -0.15) is 0 Å². The first-order chi connectivity index (χ1) is 15.8. The van der Waals surface area contributed by atoms with Gasteiger partial charge in [-0.05, 0) is 75.4 Å². The maximum absolute atomic E-state index is 13.1. The van der Waals surface area contributed by atoms with Crippen LogP contribution in [0.2, 0.25) is 0 Å². The zero-order chi connectivity index (χ0) is 24.0. The fourth-order valence-electron chi connectivity index (χ4n) is 3.86. The number of amides is 1. The lowest BCUT2D eigenvalue weighted by atomic mass is 9.95. The summed E-state index contributed by atoms with van der Waals surface area (Å²) in [5, 5.41) is 11.2. The molecule has 3 rings (SSSR count). The van der Waals surface area contributed by atoms with Crippen LogP contribution < -0.4 is 4.74 Å². The Bertz CT molecular complexity index is 1000. The summed E-state index contributed by atoms with van der Waals surface area (Å²) in [5.41, 5.74) is 1.38. The highest BCUT2D eigenvalue weighted by Gasteiger charge is 2.45. The smallest absolute Gasteiger partial charge is 0.295 e. The standard InChI is InChI=1S/C26H31BrN2O4/c1-4-5-17-33-21-13-9-19(10-14-21)24(30)22-23(18-7-11-20(27)12-8-18)29(26(32)25(22)31)16-6-15-28(2)3/h7-14,23,30H,4-6,15-17H2,1-3H3/b24-22+. The zero-order valence-corrected chi connectivity index (χ0v) is 21.0. The number of nitrogens with zero attached hydrogens (tertiary/aromatic N) is 2. The van der Waals surface area contributed by atoms with Crippen LogP contribution in [0, 0.1) is 0 Å². The van der Waals surface area contributed by atoms with Gasteiger partial charge in [-0.15, -0.1) is 0 Å². The lowest BCUT2D eigenvalue weighted by molar-refractivity contribution is -0.139. The first-order valence-electron chi connectivity index (χ1n) is 11.2. The summed E-state index contributed by atoms with van der Waals surface area (Å²) < 4.78 is 6.59. The van der Waals surface area contributed by atoms with Crippen molar-refractivity contribution in [2.75, 3.05) is 33.8 Å². The molecule has 1 fully saturated rings. The third kappa shape index (κ3) is 6.03. The van der Waals surface area contributed by atoms with Crippen LogP contribution in [0.15, 0.2) is 58.6 Å². The second kappa shape index (κ2) is 11.5. The van der Waals surface area contributed by atoms with Gasteiger partial charge >= 0.3 is 0 Å². The predicted octanol–water partition coefficient (Wildman–Crippen LogP) is 5.00. The summed E-state index contributed by atoms with van der Waals surface area (Å²) in [6, 6.07) is 13.8. The van der Waals surface area contributed by atoms with E-state index in [9.17, 15) is 14.7 Å². The third-order valence-electron chi connectivity index (χ3n) is 5.62. The van der Waals surface area contributed by atoms with E-state index in [2.05, 4.69) is 22.9 Å². The van der Waals surface area contributed by atoms with Gasteiger partial charge in [-0.1, -0.05) is 41.4 Å². The topological polar surface area (TPSA) is 70.1 Å². The van der Waals surface area contributed by atoms with Crippen LogP contribution in [0.25, 0.3) is 5.76 Å². The largest absolute Gasteiger partial charge is 0.507 e. The summed E-state index contributed by atoms with van der Waals surface area (Å²) >= 11 is 3.43. The first kappa shape index (κ1) is 25.0. The van der Waals surface area contributed by atoms with Gasteiger partial charge in [-0.25, -0.2) is 0 Å². The number of halogens is 1. The number of Topliss-reactive ketones (excluding diaryl/α,β-unsaturated/α-hetero) is 1. The number of ether oxygens (including phenoxy) is 1. The quantitative estimate of drug-likeness (QED) is 0.209. The van der Waals surface area contributed by atoms with Crippen molar-refractivity contribution >= 4 is 33.4 Å². The summed E-state index contributed by atoms with van der Waals surface area (Å²) in [4.78, 5) is 29.6. The van der Waals surface area contributed by atoms with Crippen molar-refractivity contribution < 1.29 is 19.4 Å². The van der Waals surface area contributed by atoms with Crippen LogP contribution >= 0.6 is 15.9 Å². The molecule has 0 saturated carbocycles. The monoisotopic (exact) mass is 514 g/mol. The molecular weight excluding hydrogens is 484 g/mol. The molecule has 0 radical (unpaired) electrons. The van der Waals surface area contributed by atoms with Crippen LogP contribution in [-0.4, -0.2) is 60.4 Å². The van der Waals surface area contributed by atoms with Crippen molar-refractivity contribution in [2.45, 2.75) is 32.2 Å². The number of carbonyl (C=O) groups excluding carboxylic acids is 2. The minimum atomic E-state index is -0.659. The van der Waals surface area contributed by atoms with Crippen LogP contribution in [0.4, 0.5) is 0 Å². The van der Waals surface area contributed by atoms with Gasteiger partial charge in [0.2, 0.25) is 0 Å². The van der Waals surface area contributed by atoms with E-state index in [0.29, 0.717) is 24.5 Å². The highest BCUT2D eigenvalue weighted by atomic mass is 79.9. The van der Waals surface area contributed by atoms with Crippen LogP contribution in [0.1, 0.15) is 43.4 Å². The molecule has 33 heavy (non-hydrogen) atoms. The van der Waals surface area contributed by atoms with Crippen molar-refractivity contribution in [2.24, 2.45) is 0 Å². The van der Waals surface area contributed by atoms with E-state index in [0.717, 1.165) is 35.8 Å². The Morgan fingerprint density at radius 3 is 2.33 bits per heavy atom. The third-order valence-corrected chi connectivity index (χ3v) is 6.15. The molecule has 1 atom stereocenters. The lowest BCUT2D eigenvalue weighted by Gasteiger charge is -2.26. The molecule has 1 saturated heterocycles. The molecule has 1 aliphatic heterocycles. The second-order valence-electron chi connectivity index (χ2n) is 8.43. The van der Waals surface area contributed by atoms with Gasteiger partial charge in [0.05, 0.1) is 18.2 Å². The Hall–Kier alpha value is -2.64. The molecular formula is C26H31BrN2O4. The Balaban J connectivity index is 1.97. The number of hydrogen-bond donors (Lipinski definition) is 1. The summed E-state index contributed by atoms with van der Waals surface area (Å²) in [6.45, 7) is 3.94. The summed E-state index contributed by atoms with van der Waals surface area (Å²) in [6.07, 6.45) is 2.73. The Morgan fingerprint density at radius 1 is 1.06 bits per heavy atom. The van der Waals surface area contributed by atoms with E-state index >= 15 is 0 Å². The Labute approximate surface area is 204 Å². The molecule has 1 amide bonds. The van der Waals surface area contributed by atoms with Crippen LogP contribution in [0.3, 0.4) is 0 Å². The number of ketones is 1. The van der Waals surface area contributed by atoms with Crippen LogP contribution in [0.5, 0.6) is 5.75 Å². The number of aliphatic hydroxyl groups excluding tert-OH is 1. The molecule has 6 nitrogen and oxygen atoms in total. The number of unbranched alkanes of at least 4 members (excludes halogenated alkanes) is 1. The molecule has 0 bridgehead atoms. The van der Waals surface area contributed by atoms with E-state index in [1.54, 1.807) is 29.2 Å². The number of likely N-dealkylation sites (tertiary alicyclic amines) is 1. The zero-order valence-electron chi connectivity index (χ0n) is 19.4. The van der Waals surface area contributed by atoms with Gasteiger partial charge < -0.3 is 19.6 Å². The fourth-order valence-corrected chi connectivity index (χ4v) is 4.12. The van der Waals surface area contributed by atoms with Crippen LogP contribution in [-0.2, 0) is 9.59 Å². The molecule has 2 aromatic carbocycles. The Morgan fingerprint density at radius 2 is 1.73 bits per heavy atom. The first-order valence-corrected chi connectivity index (χ1v) is 12.0. The number of hydrogen-bond acceptors (Lipinski definition) is 5. The fraction of sp³-hybridized carbons (Fsp3) is 0.385. The van der Waals surface area contributed by atoms with Crippen molar-refractivity contribution in [1.82, 2.24) is 9.80 Å². The van der Waals surface area contributed by atoms with Gasteiger partial charge in [-0.3, -0.25) is 9.59 Å². The highest BCUT2D eigenvalue weighted by molar-refractivity contribution is 9.10.